The van der Waals surface area contributed by atoms with Gasteiger partial charge in [-0.1, -0.05) is 48.0 Å². The minimum atomic E-state index is 0.0168. The highest BCUT2D eigenvalue weighted by molar-refractivity contribution is 7.13. The van der Waals surface area contributed by atoms with E-state index in [1.165, 1.54) is 10.1 Å². The van der Waals surface area contributed by atoms with Gasteiger partial charge >= 0.3 is 0 Å². The molecule has 4 heterocycles. The second kappa shape index (κ2) is 9.27. The molecule has 2 aromatic heterocycles. The van der Waals surface area contributed by atoms with E-state index in [-0.39, 0.29) is 5.91 Å². The molecular formula is C30H26ClN5OS. The zero-order valence-corrected chi connectivity index (χ0v) is 22.5. The Balaban J connectivity index is 1.15. The minimum absolute atomic E-state index is 0.0168. The fraction of sp³-hybridized carbons (Fsp3) is 0.200. The van der Waals surface area contributed by atoms with Crippen LogP contribution in [0.25, 0.3) is 32.6 Å². The van der Waals surface area contributed by atoms with E-state index in [0.717, 1.165) is 59.7 Å². The zero-order valence-electron chi connectivity index (χ0n) is 21.0. The molecule has 2 aliphatic heterocycles. The molecule has 2 aliphatic rings. The van der Waals surface area contributed by atoms with Gasteiger partial charge in [-0.2, -0.15) is 4.37 Å². The van der Waals surface area contributed by atoms with E-state index in [2.05, 4.69) is 57.0 Å². The predicted octanol–water partition coefficient (Wildman–Crippen LogP) is 6.11. The van der Waals surface area contributed by atoms with Gasteiger partial charge in [0.1, 0.15) is 5.82 Å². The van der Waals surface area contributed by atoms with E-state index >= 15 is 0 Å². The number of aromatic nitrogens is 2. The van der Waals surface area contributed by atoms with Gasteiger partial charge in [0.2, 0.25) is 0 Å². The third kappa shape index (κ3) is 3.89. The van der Waals surface area contributed by atoms with Gasteiger partial charge in [-0.3, -0.25) is 14.6 Å². The van der Waals surface area contributed by atoms with Gasteiger partial charge in [-0.25, -0.2) is 0 Å². The van der Waals surface area contributed by atoms with Gasteiger partial charge in [0.25, 0.3) is 5.91 Å². The van der Waals surface area contributed by atoms with E-state index in [9.17, 15) is 4.79 Å². The van der Waals surface area contributed by atoms with E-state index in [4.69, 9.17) is 16.0 Å². The summed E-state index contributed by atoms with van der Waals surface area (Å²) in [4.78, 5) is 20.4. The molecule has 0 radical (unpaired) electrons. The summed E-state index contributed by atoms with van der Waals surface area (Å²) in [5.74, 6) is 1.09. The summed E-state index contributed by atoms with van der Waals surface area (Å²) in [6.07, 6.45) is 4.12. The largest absolute Gasteiger partial charge is 0.353 e. The van der Waals surface area contributed by atoms with Crippen molar-refractivity contribution >= 4 is 73.2 Å². The number of rotatable bonds is 4. The highest BCUT2D eigenvalue weighted by Crippen LogP contribution is 2.40. The third-order valence-corrected chi connectivity index (χ3v) is 8.67. The molecule has 1 amide bonds. The van der Waals surface area contributed by atoms with Crippen molar-refractivity contribution in [2.24, 2.45) is 7.05 Å². The maximum Gasteiger partial charge on any atom is 0.260 e. The first-order valence-electron chi connectivity index (χ1n) is 12.8. The standard InChI is InChI=1S/C30H26ClN5OS/c1-33-18-20(22-6-2-4-8-26(22)33)16-25-23-11-10-21(31)17-27(23)36(30(25)37)19-34-12-14-35(15-13-34)29-24-7-3-5-9-28(24)38-32-29/h2-11,16-18H,12-15,19H2,1H3/b25-16-. The number of amides is 1. The fourth-order valence-corrected chi connectivity index (χ4v) is 6.61. The average Bonchev–Trinajstić information content (AvgIpc) is 3.58. The van der Waals surface area contributed by atoms with Crippen LogP contribution in [0.4, 0.5) is 11.5 Å². The summed E-state index contributed by atoms with van der Waals surface area (Å²) in [5.41, 5.74) is 4.70. The van der Waals surface area contributed by atoms with Crippen LogP contribution in [-0.4, -0.2) is 52.6 Å². The molecule has 0 spiro atoms. The van der Waals surface area contributed by atoms with Crippen LogP contribution in [0, 0.1) is 0 Å². The highest BCUT2D eigenvalue weighted by atomic mass is 35.5. The second-order valence-corrected chi connectivity index (χ2v) is 11.2. The molecule has 0 bridgehead atoms. The summed E-state index contributed by atoms with van der Waals surface area (Å²) in [7, 11) is 2.04. The number of fused-ring (bicyclic) bond motifs is 3. The zero-order chi connectivity index (χ0) is 25.8. The number of piperazine rings is 1. The van der Waals surface area contributed by atoms with E-state index in [1.54, 1.807) is 11.5 Å². The summed E-state index contributed by atoms with van der Waals surface area (Å²) in [6, 6.07) is 22.4. The molecule has 1 fully saturated rings. The Morgan fingerprint density at radius 3 is 2.58 bits per heavy atom. The Labute approximate surface area is 230 Å². The smallest absolute Gasteiger partial charge is 0.260 e. The van der Waals surface area contributed by atoms with Crippen molar-refractivity contribution in [2.45, 2.75) is 0 Å². The number of carbonyl (C=O) groups is 1. The Kier molecular flexibility index (Phi) is 5.73. The van der Waals surface area contributed by atoms with Gasteiger partial charge in [-0.05, 0) is 47.9 Å². The summed E-state index contributed by atoms with van der Waals surface area (Å²) >= 11 is 7.96. The van der Waals surface area contributed by atoms with Gasteiger partial charge < -0.3 is 9.47 Å². The molecular weight excluding hydrogens is 514 g/mol. The number of hydrogen-bond acceptors (Lipinski definition) is 5. The molecule has 5 aromatic rings. The molecule has 3 aromatic carbocycles. The number of aryl methyl sites for hydroxylation is 1. The Morgan fingerprint density at radius 2 is 1.74 bits per heavy atom. The number of halogens is 1. The molecule has 0 N–H and O–H groups in total. The minimum Gasteiger partial charge on any atom is -0.353 e. The lowest BCUT2D eigenvalue weighted by molar-refractivity contribution is -0.113. The molecule has 0 aliphatic carbocycles. The molecule has 8 heteroatoms. The third-order valence-electron chi connectivity index (χ3n) is 7.62. The van der Waals surface area contributed by atoms with Gasteiger partial charge in [0, 0.05) is 77.4 Å². The Bertz CT molecular complexity index is 1730. The Hall–Kier alpha value is -3.65. The number of benzene rings is 3. The first-order valence-corrected chi connectivity index (χ1v) is 13.9. The lowest BCUT2D eigenvalue weighted by Gasteiger charge is -2.37. The number of nitrogens with zero attached hydrogens (tertiary/aromatic N) is 5. The van der Waals surface area contributed by atoms with Crippen molar-refractivity contribution < 1.29 is 4.79 Å². The summed E-state index contributed by atoms with van der Waals surface area (Å²) in [6.45, 7) is 3.99. The highest BCUT2D eigenvalue weighted by Gasteiger charge is 2.34. The molecule has 7 rings (SSSR count). The lowest BCUT2D eigenvalue weighted by Crippen LogP contribution is -2.50. The van der Waals surface area contributed by atoms with Crippen LogP contribution >= 0.6 is 23.1 Å². The van der Waals surface area contributed by atoms with Crippen molar-refractivity contribution in [2.75, 3.05) is 42.6 Å². The topological polar surface area (TPSA) is 44.6 Å². The quantitative estimate of drug-likeness (QED) is 0.259. The molecule has 190 valence electrons. The Morgan fingerprint density at radius 1 is 0.974 bits per heavy atom. The van der Waals surface area contributed by atoms with Crippen molar-refractivity contribution in [1.82, 2.24) is 13.8 Å². The van der Waals surface area contributed by atoms with Gasteiger partial charge in [0.05, 0.1) is 17.1 Å². The molecule has 0 saturated carbocycles. The lowest BCUT2D eigenvalue weighted by atomic mass is 10.0. The summed E-state index contributed by atoms with van der Waals surface area (Å²) in [5, 5.41) is 2.98. The van der Waals surface area contributed by atoms with E-state index in [1.807, 2.05) is 48.4 Å². The maximum atomic E-state index is 13.9. The van der Waals surface area contributed by atoms with Crippen LogP contribution in [0.1, 0.15) is 11.1 Å². The van der Waals surface area contributed by atoms with Crippen molar-refractivity contribution in [3.63, 3.8) is 0 Å². The van der Waals surface area contributed by atoms with E-state index < -0.39 is 0 Å². The van der Waals surface area contributed by atoms with Crippen LogP contribution in [-0.2, 0) is 11.8 Å². The van der Waals surface area contributed by atoms with Crippen molar-refractivity contribution in [1.29, 1.82) is 0 Å². The van der Waals surface area contributed by atoms with Crippen LogP contribution in [0.5, 0.6) is 0 Å². The number of anilines is 2. The molecule has 1 saturated heterocycles. The average molecular weight is 540 g/mol. The number of hydrogen-bond donors (Lipinski definition) is 0. The first-order chi connectivity index (χ1) is 18.6. The second-order valence-electron chi connectivity index (χ2n) is 9.91. The van der Waals surface area contributed by atoms with Crippen LogP contribution in [0.3, 0.4) is 0 Å². The van der Waals surface area contributed by atoms with Crippen LogP contribution in [0.2, 0.25) is 5.02 Å². The predicted molar refractivity (Wildman–Crippen MR) is 158 cm³/mol. The number of carbonyl (C=O) groups excluding carboxylic acids is 1. The molecule has 0 atom stereocenters. The summed E-state index contributed by atoms with van der Waals surface area (Å²) < 4.78 is 8.05. The maximum absolute atomic E-state index is 13.9. The monoisotopic (exact) mass is 539 g/mol. The molecule has 0 unspecified atom stereocenters. The van der Waals surface area contributed by atoms with Gasteiger partial charge in [-0.15, -0.1) is 0 Å². The molecule has 6 nitrogen and oxygen atoms in total. The SMILES string of the molecule is Cn1cc(/C=C2\C(=O)N(CN3CCN(c4nsc5ccccc45)CC3)c3cc(Cl)ccc32)c2ccccc21. The fourth-order valence-electron chi connectivity index (χ4n) is 5.65. The normalized spacial score (nSPS) is 17.3. The van der Waals surface area contributed by atoms with Gasteiger partial charge in [0.15, 0.2) is 0 Å². The molecule has 38 heavy (non-hydrogen) atoms. The van der Waals surface area contributed by atoms with Crippen LogP contribution in [0.15, 0.2) is 72.9 Å². The first kappa shape index (κ1) is 23.5. The number of para-hydroxylation sites is 1. The van der Waals surface area contributed by atoms with Crippen molar-refractivity contribution in [3.05, 3.63) is 89.1 Å². The van der Waals surface area contributed by atoms with Crippen molar-refractivity contribution in [3.8, 4) is 0 Å². The van der Waals surface area contributed by atoms with Crippen LogP contribution < -0.4 is 9.80 Å². The van der Waals surface area contributed by atoms with E-state index in [0.29, 0.717) is 17.3 Å².